The van der Waals surface area contributed by atoms with E-state index in [9.17, 15) is 4.79 Å². The normalized spacial score (nSPS) is 18.1. The number of anilines is 1. The van der Waals surface area contributed by atoms with Crippen LogP contribution < -0.4 is 9.64 Å². The fourth-order valence-electron chi connectivity index (χ4n) is 4.02. The molecule has 2 aliphatic rings. The molecule has 0 spiro atoms. The van der Waals surface area contributed by atoms with Gasteiger partial charge in [0.2, 0.25) is 11.8 Å². The Morgan fingerprint density at radius 3 is 2.52 bits per heavy atom. The fourth-order valence-corrected chi connectivity index (χ4v) is 4.69. The molecule has 0 N–H and O–H groups in total. The number of ether oxygens (including phenoxy) is 1. The zero-order chi connectivity index (χ0) is 20.1. The van der Waals surface area contributed by atoms with Crippen molar-refractivity contribution >= 4 is 23.4 Å². The first kappa shape index (κ1) is 20.1. The summed E-state index contributed by atoms with van der Waals surface area (Å²) < 4.78 is 11.0. The van der Waals surface area contributed by atoms with Gasteiger partial charge in [-0.25, -0.2) is 0 Å². The van der Waals surface area contributed by atoms with Crippen LogP contribution in [0.3, 0.4) is 0 Å². The lowest BCUT2D eigenvalue weighted by atomic mass is 9.89. The van der Waals surface area contributed by atoms with E-state index >= 15 is 0 Å². The quantitative estimate of drug-likeness (QED) is 0.667. The summed E-state index contributed by atoms with van der Waals surface area (Å²) in [5.41, 5.74) is 1.16. The number of nitrogens with zero attached hydrogens (tertiary/aromatic N) is 4. The maximum absolute atomic E-state index is 12.6. The van der Waals surface area contributed by atoms with Gasteiger partial charge < -0.3 is 19.0 Å². The fraction of sp³-hybridized carbons (Fsp3) is 0.571. The van der Waals surface area contributed by atoms with Crippen molar-refractivity contribution in [2.24, 2.45) is 0 Å². The average Bonchev–Trinajstić information content (AvgIpc) is 3.27. The van der Waals surface area contributed by atoms with Gasteiger partial charge in [0.15, 0.2) is 0 Å². The lowest BCUT2D eigenvalue weighted by Crippen LogP contribution is -2.49. The highest BCUT2D eigenvalue weighted by Gasteiger charge is 2.24. The monoisotopic (exact) mass is 416 g/mol. The van der Waals surface area contributed by atoms with Crippen LogP contribution in [-0.4, -0.2) is 60.0 Å². The first-order valence-electron chi connectivity index (χ1n) is 10.4. The van der Waals surface area contributed by atoms with Gasteiger partial charge in [0.25, 0.3) is 5.22 Å². The van der Waals surface area contributed by atoms with Gasteiger partial charge in [-0.3, -0.25) is 4.79 Å². The Hall–Kier alpha value is -2.22. The average molecular weight is 417 g/mol. The highest BCUT2D eigenvalue weighted by molar-refractivity contribution is 7.99. The van der Waals surface area contributed by atoms with E-state index < -0.39 is 0 Å². The number of carbonyl (C=O) groups is 1. The van der Waals surface area contributed by atoms with E-state index in [-0.39, 0.29) is 5.91 Å². The van der Waals surface area contributed by atoms with Crippen LogP contribution in [0, 0.1) is 0 Å². The van der Waals surface area contributed by atoms with Gasteiger partial charge in [0, 0.05) is 37.8 Å². The van der Waals surface area contributed by atoms with Gasteiger partial charge in [-0.1, -0.05) is 31.0 Å². The van der Waals surface area contributed by atoms with Crippen molar-refractivity contribution in [3.05, 3.63) is 30.2 Å². The Labute approximate surface area is 175 Å². The van der Waals surface area contributed by atoms with Gasteiger partial charge in [-0.05, 0) is 37.1 Å². The molecule has 1 aliphatic heterocycles. The van der Waals surface area contributed by atoms with Crippen LogP contribution in [0.4, 0.5) is 5.69 Å². The second-order valence-electron chi connectivity index (χ2n) is 7.60. The molecule has 1 amide bonds. The number of hydrogen-bond acceptors (Lipinski definition) is 7. The topological polar surface area (TPSA) is 71.7 Å². The van der Waals surface area contributed by atoms with Crippen LogP contribution in [-0.2, 0) is 4.79 Å². The molecule has 1 saturated carbocycles. The van der Waals surface area contributed by atoms with Gasteiger partial charge in [-0.15, -0.1) is 10.2 Å². The largest absolute Gasteiger partial charge is 0.497 e. The van der Waals surface area contributed by atoms with E-state index in [0.717, 1.165) is 56.3 Å². The number of piperazine rings is 1. The Balaban J connectivity index is 1.23. The van der Waals surface area contributed by atoms with Crippen LogP contribution >= 0.6 is 11.8 Å². The molecule has 156 valence electrons. The minimum Gasteiger partial charge on any atom is -0.497 e. The van der Waals surface area contributed by atoms with E-state index in [0.29, 0.717) is 16.9 Å². The highest BCUT2D eigenvalue weighted by Crippen LogP contribution is 2.33. The molecule has 0 radical (unpaired) electrons. The summed E-state index contributed by atoms with van der Waals surface area (Å²) in [6.07, 6.45) is 6.02. The molecule has 2 aromatic rings. The van der Waals surface area contributed by atoms with E-state index in [4.69, 9.17) is 9.15 Å². The summed E-state index contributed by atoms with van der Waals surface area (Å²) in [7, 11) is 1.67. The number of hydrogen-bond donors (Lipinski definition) is 0. The molecule has 0 atom stereocenters. The predicted molar refractivity (Wildman–Crippen MR) is 113 cm³/mol. The lowest BCUT2D eigenvalue weighted by molar-refractivity contribution is -0.128. The van der Waals surface area contributed by atoms with Crippen molar-refractivity contribution in [1.82, 2.24) is 15.1 Å². The summed E-state index contributed by atoms with van der Waals surface area (Å²) in [5, 5.41) is 8.85. The summed E-state index contributed by atoms with van der Waals surface area (Å²) >= 11 is 1.35. The standard InChI is InChI=1S/C21H28N4O3S/c1-27-18-9-7-17(8-10-18)24-11-13-25(14-12-24)19(26)15-29-21-23-22-20(28-21)16-5-3-2-4-6-16/h7-10,16H,2-6,11-15H2,1H3. The van der Waals surface area contributed by atoms with Crippen LogP contribution in [0.2, 0.25) is 0 Å². The molecule has 29 heavy (non-hydrogen) atoms. The van der Waals surface area contributed by atoms with Crippen molar-refractivity contribution in [2.45, 2.75) is 43.2 Å². The molecule has 2 fully saturated rings. The molecular formula is C21H28N4O3S. The second kappa shape index (κ2) is 9.52. The maximum atomic E-state index is 12.6. The van der Waals surface area contributed by atoms with Crippen molar-refractivity contribution in [3.63, 3.8) is 0 Å². The van der Waals surface area contributed by atoms with Crippen LogP contribution in [0.25, 0.3) is 0 Å². The first-order valence-corrected chi connectivity index (χ1v) is 11.3. The van der Waals surface area contributed by atoms with Crippen molar-refractivity contribution in [2.75, 3.05) is 43.9 Å². The van der Waals surface area contributed by atoms with Crippen LogP contribution in [0.5, 0.6) is 5.75 Å². The van der Waals surface area contributed by atoms with E-state index in [1.165, 1.54) is 31.0 Å². The molecule has 1 saturated heterocycles. The third-order valence-corrected chi connectivity index (χ3v) is 6.57. The highest BCUT2D eigenvalue weighted by atomic mass is 32.2. The number of benzene rings is 1. The lowest BCUT2D eigenvalue weighted by Gasteiger charge is -2.36. The summed E-state index contributed by atoms with van der Waals surface area (Å²) in [5.74, 6) is 2.46. The molecule has 4 rings (SSSR count). The maximum Gasteiger partial charge on any atom is 0.277 e. The van der Waals surface area contributed by atoms with Crippen LogP contribution in [0.15, 0.2) is 33.9 Å². The third kappa shape index (κ3) is 5.04. The van der Waals surface area contributed by atoms with Gasteiger partial charge in [-0.2, -0.15) is 0 Å². The second-order valence-corrected chi connectivity index (χ2v) is 8.52. The minimum absolute atomic E-state index is 0.127. The van der Waals surface area contributed by atoms with Crippen molar-refractivity contribution < 1.29 is 13.9 Å². The molecule has 0 bridgehead atoms. The molecule has 2 heterocycles. The molecule has 7 nitrogen and oxygen atoms in total. The zero-order valence-electron chi connectivity index (χ0n) is 16.9. The van der Waals surface area contributed by atoms with E-state index in [1.807, 2.05) is 17.0 Å². The Kier molecular flexibility index (Phi) is 6.59. The van der Waals surface area contributed by atoms with E-state index in [2.05, 4.69) is 27.2 Å². The van der Waals surface area contributed by atoms with Crippen LogP contribution in [0.1, 0.15) is 43.9 Å². The Morgan fingerprint density at radius 1 is 1.10 bits per heavy atom. The predicted octanol–water partition coefficient (Wildman–Crippen LogP) is 3.57. The number of rotatable bonds is 6. The first-order chi connectivity index (χ1) is 14.2. The minimum atomic E-state index is 0.127. The Bertz CT molecular complexity index is 797. The molecule has 1 aliphatic carbocycles. The number of carbonyl (C=O) groups excluding carboxylic acids is 1. The number of thioether (sulfide) groups is 1. The van der Waals surface area contributed by atoms with Gasteiger partial charge in [0.05, 0.1) is 12.9 Å². The number of amides is 1. The molecule has 1 aromatic carbocycles. The summed E-state index contributed by atoms with van der Waals surface area (Å²) in [6, 6.07) is 8.06. The summed E-state index contributed by atoms with van der Waals surface area (Å²) in [4.78, 5) is 16.8. The number of methoxy groups -OCH3 is 1. The number of aromatic nitrogens is 2. The van der Waals surface area contributed by atoms with Crippen molar-refractivity contribution in [1.29, 1.82) is 0 Å². The van der Waals surface area contributed by atoms with Crippen molar-refractivity contribution in [3.8, 4) is 5.75 Å². The van der Waals surface area contributed by atoms with Gasteiger partial charge >= 0.3 is 0 Å². The SMILES string of the molecule is COc1ccc(N2CCN(C(=O)CSc3nnc(C4CCCCC4)o3)CC2)cc1. The third-order valence-electron chi connectivity index (χ3n) is 5.77. The zero-order valence-corrected chi connectivity index (χ0v) is 17.7. The molecule has 8 heteroatoms. The molecule has 1 aromatic heterocycles. The summed E-state index contributed by atoms with van der Waals surface area (Å²) in [6.45, 7) is 3.11. The smallest absolute Gasteiger partial charge is 0.277 e. The van der Waals surface area contributed by atoms with E-state index in [1.54, 1.807) is 7.11 Å². The molecule has 0 unspecified atom stereocenters. The Morgan fingerprint density at radius 2 is 1.83 bits per heavy atom. The molecular weight excluding hydrogens is 388 g/mol. The van der Waals surface area contributed by atoms with Gasteiger partial charge in [0.1, 0.15) is 5.75 Å².